The number of hydrogen-bond donors (Lipinski definition) is 3. The third kappa shape index (κ3) is 1.46. The molecule has 0 bridgehead atoms. The summed E-state index contributed by atoms with van der Waals surface area (Å²) in [5, 5.41) is 8.61. The predicted octanol–water partition coefficient (Wildman–Crippen LogP) is 0.719. The molecule has 0 unspecified atom stereocenters. The van der Waals surface area contributed by atoms with Gasteiger partial charge in [0.25, 0.3) is 0 Å². The molecule has 4 N–H and O–H groups in total. The molecule has 12 heavy (non-hydrogen) atoms. The topological polar surface area (TPSA) is 88.2 Å². The number of pyridine rings is 1. The lowest BCUT2D eigenvalue weighted by atomic mass is 10.2. The highest BCUT2D eigenvalue weighted by Crippen LogP contribution is 2.22. The summed E-state index contributed by atoms with van der Waals surface area (Å²) < 4.78 is 0. The minimum absolute atomic E-state index is 0.00694. The van der Waals surface area contributed by atoms with E-state index in [4.69, 9.17) is 22.6 Å². The van der Waals surface area contributed by atoms with Crippen molar-refractivity contribution >= 4 is 23.4 Å². The number of hydrogen-bond acceptors (Lipinski definition) is 4. The molecule has 0 amide bonds. The van der Waals surface area contributed by atoms with Gasteiger partial charge in [0.05, 0.1) is 10.6 Å². The fourth-order valence-electron chi connectivity index (χ4n) is 0.710. The molecule has 6 heteroatoms. The zero-order valence-corrected chi connectivity index (χ0v) is 6.67. The number of carbonyl (C=O) groups is 1. The van der Waals surface area contributed by atoms with Gasteiger partial charge in [-0.25, -0.2) is 15.6 Å². The van der Waals surface area contributed by atoms with Crippen LogP contribution in [0, 0.1) is 0 Å². The maximum Gasteiger partial charge on any atom is 0.337 e. The molecule has 5 nitrogen and oxygen atoms in total. The van der Waals surface area contributed by atoms with E-state index in [1.54, 1.807) is 0 Å². The van der Waals surface area contributed by atoms with Crippen LogP contribution in [-0.2, 0) is 0 Å². The first kappa shape index (κ1) is 8.76. The van der Waals surface area contributed by atoms with Crippen molar-refractivity contribution in [3.63, 3.8) is 0 Å². The molecule has 0 radical (unpaired) electrons. The van der Waals surface area contributed by atoms with E-state index in [-0.39, 0.29) is 16.4 Å². The van der Waals surface area contributed by atoms with Crippen LogP contribution in [0.3, 0.4) is 0 Å². The van der Waals surface area contributed by atoms with Gasteiger partial charge in [-0.2, -0.15) is 0 Å². The number of nitrogens with one attached hydrogen (secondary N) is 1. The zero-order chi connectivity index (χ0) is 9.14. The molecule has 0 spiro atoms. The average Bonchev–Trinajstić information content (AvgIpc) is 2.04. The summed E-state index contributed by atoms with van der Waals surface area (Å²) in [4.78, 5) is 14.2. The summed E-state index contributed by atoms with van der Waals surface area (Å²) >= 11 is 5.62. The summed E-state index contributed by atoms with van der Waals surface area (Å²) in [5.74, 6) is 4.07. The summed E-state index contributed by atoms with van der Waals surface area (Å²) in [5.41, 5.74) is 2.16. The Morgan fingerprint density at radius 3 is 2.92 bits per heavy atom. The molecule has 0 atom stereocenters. The normalized spacial score (nSPS) is 9.50. The summed E-state index contributed by atoms with van der Waals surface area (Å²) in [7, 11) is 0. The van der Waals surface area contributed by atoms with Gasteiger partial charge >= 0.3 is 5.97 Å². The quantitative estimate of drug-likeness (QED) is 0.469. The standard InChI is InChI=1S/C6H6ClN3O2/c7-4-3(6(11)12)1-2-9-5(4)10-8/h1-2H,8H2,(H,9,10)(H,11,12). The number of halogens is 1. The second-order valence-corrected chi connectivity index (χ2v) is 2.35. The maximum absolute atomic E-state index is 10.5. The van der Waals surface area contributed by atoms with Gasteiger partial charge < -0.3 is 10.5 Å². The van der Waals surface area contributed by atoms with Crippen LogP contribution in [0.25, 0.3) is 0 Å². The first-order valence-corrected chi connectivity index (χ1v) is 3.39. The van der Waals surface area contributed by atoms with Gasteiger partial charge in [0.2, 0.25) is 0 Å². The van der Waals surface area contributed by atoms with Crippen LogP contribution in [-0.4, -0.2) is 16.1 Å². The Bertz CT molecular complexity index is 316. The number of nitrogen functional groups attached to an aromatic ring is 1. The zero-order valence-electron chi connectivity index (χ0n) is 5.91. The smallest absolute Gasteiger partial charge is 0.337 e. The van der Waals surface area contributed by atoms with Crippen molar-refractivity contribution in [1.82, 2.24) is 4.98 Å². The highest BCUT2D eigenvalue weighted by molar-refractivity contribution is 6.35. The van der Waals surface area contributed by atoms with Crippen molar-refractivity contribution in [3.05, 3.63) is 22.8 Å². The van der Waals surface area contributed by atoms with Crippen LogP contribution in [0.2, 0.25) is 5.02 Å². The Kier molecular flexibility index (Phi) is 2.47. The van der Waals surface area contributed by atoms with Crippen molar-refractivity contribution in [2.24, 2.45) is 5.84 Å². The van der Waals surface area contributed by atoms with E-state index in [9.17, 15) is 4.79 Å². The van der Waals surface area contributed by atoms with Gasteiger partial charge in [-0.1, -0.05) is 11.6 Å². The van der Waals surface area contributed by atoms with Gasteiger partial charge in [-0.05, 0) is 6.07 Å². The largest absolute Gasteiger partial charge is 0.478 e. The molecule has 0 aliphatic rings. The highest BCUT2D eigenvalue weighted by atomic mass is 35.5. The van der Waals surface area contributed by atoms with Crippen molar-refractivity contribution in [1.29, 1.82) is 0 Å². The predicted molar refractivity (Wildman–Crippen MR) is 44.0 cm³/mol. The number of carboxylic acids is 1. The monoisotopic (exact) mass is 187 g/mol. The Balaban J connectivity index is 3.23. The van der Waals surface area contributed by atoms with Crippen molar-refractivity contribution in [2.75, 3.05) is 5.43 Å². The van der Waals surface area contributed by atoms with Crippen molar-refractivity contribution in [3.8, 4) is 0 Å². The second-order valence-electron chi connectivity index (χ2n) is 1.97. The Morgan fingerprint density at radius 1 is 1.75 bits per heavy atom. The van der Waals surface area contributed by atoms with Crippen LogP contribution >= 0.6 is 11.6 Å². The van der Waals surface area contributed by atoms with E-state index in [2.05, 4.69) is 10.4 Å². The molecule has 1 aromatic rings. The third-order valence-corrected chi connectivity index (χ3v) is 1.64. The maximum atomic E-state index is 10.5. The molecule has 0 saturated heterocycles. The van der Waals surface area contributed by atoms with Crippen LogP contribution in [0.1, 0.15) is 10.4 Å². The number of rotatable bonds is 2. The molecule has 1 aromatic heterocycles. The number of nitrogens with two attached hydrogens (primary N) is 1. The molecular weight excluding hydrogens is 182 g/mol. The molecule has 0 aromatic carbocycles. The molecule has 0 saturated carbocycles. The Hall–Kier alpha value is -1.33. The van der Waals surface area contributed by atoms with Crippen LogP contribution < -0.4 is 11.3 Å². The Labute approximate surface area is 73.1 Å². The van der Waals surface area contributed by atoms with Crippen LogP contribution in [0.4, 0.5) is 5.82 Å². The first-order chi connectivity index (χ1) is 5.66. The van der Waals surface area contributed by atoms with E-state index < -0.39 is 5.97 Å². The molecule has 0 fully saturated rings. The molecule has 1 heterocycles. The van der Waals surface area contributed by atoms with Gasteiger partial charge in [0, 0.05) is 6.20 Å². The van der Waals surface area contributed by atoms with Crippen molar-refractivity contribution < 1.29 is 9.90 Å². The van der Waals surface area contributed by atoms with E-state index in [1.807, 2.05) is 0 Å². The summed E-state index contributed by atoms with van der Waals surface area (Å²) in [6.07, 6.45) is 1.31. The van der Waals surface area contributed by atoms with Crippen LogP contribution in [0.15, 0.2) is 12.3 Å². The van der Waals surface area contributed by atoms with Crippen LogP contribution in [0.5, 0.6) is 0 Å². The number of hydrazine groups is 1. The average molecular weight is 188 g/mol. The lowest BCUT2D eigenvalue weighted by Gasteiger charge is -2.03. The number of aromatic carboxylic acids is 1. The molecule has 64 valence electrons. The van der Waals surface area contributed by atoms with Gasteiger partial charge in [-0.15, -0.1) is 0 Å². The minimum Gasteiger partial charge on any atom is -0.478 e. The Morgan fingerprint density at radius 2 is 2.42 bits per heavy atom. The van der Waals surface area contributed by atoms with Gasteiger partial charge in [0.1, 0.15) is 0 Å². The molecular formula is C6H6ClN3O2. The first-order valence-electron chi connectivity index (χ1n) is 3.01. The fraction of sp³-hybridized carbons (Fsp3) is 0. The van der Waals surface area contributed by atoms with E-state index >= 15 is 0 Å². The fourth-order valence-corrected chi connectivity index (χ4v) is 0.957. The number of nitrogens with zero attached hydrogens (tertiary/aromatic N) is 1. The molecule has 0 aliphatic carbocycles. The van der Waals surface area contributed by atoms with Gasteiger partial charge in [-0.3, -0.25) is 0 Å². The van der Waals surface area contributed by atoms with E-state index in [0.29, 0.717) is 0 Å². The van der Waals surface area contributed by atoms with Gasteiger partial charge in [0.15, 0.2) is 5.82 Å². The van der Waals surface area contributed by atoms with Crippen molar-refractivity contribution in [2.45, 2.75) is 0 Å². The molecule has 0 aliphatic heterocycles. The third-order valence-electron chi connectivity index (χ3n) is 1.26. The number of anilines is 1. The summed E-state index contributed by atoms with van der Waals surface area (Å²) in [6, 6.07) is 1.30. The minimum atomic E-state index is -1.11. The lowest BCUT2D eigenvalue weighted by Crippen LogP contribution is -2.10. The number of carboxylic acid groups (broad SMARTS) is 1. The summed E-state index contributed by atoms with van der Waals surface area (Å²) in [6.45, 7) is 0. The van der Waals surface area contributed by atoms with E-state index in [0.717, 1.165) is 0 Å². The highest BCUT2D eigenvalue weighted by Gasteiger charge is 2.11. The number of aromatic nitrogens is 1. The second kappa shape index (κ2) is 3.38. The lowest BCUT2D eigenvalue weighted by molar-refractivity contribution is 0.0697. The van der Waals surface area contributed by atoms with E-state index in [1.165, 1.54) is 12.3 Å². The SMILES string of the molecule is NNc1nccc(C(=O)O)c1Cl. The molecule has 1 rings (SSSR count).